The fraction of sp³-hybridized carbons (Fsp3) is 0.520. The zero-order valence-corrected chi connectivity index (χ0v) is 23.2. The number of aliphatic hydroxyl groups is 1. The number of nitrogens with zero attached hydrogens (tertiary/aromatic N) is 1. The number of nitrogens with one attached hydrogen (secondary N) is 4. The van der Waals surface area contributed by atoms with E-state index in [4.69, 9.17) is 10.8 Å². The van der Waals surface area contributed by atoms with Crippen LogP contribution in [-0.4, -0.2) is 86.1 Å². The molecule has 9 N–H and O–H groups in total. The van der Waals surface area contributed by atoms with Gasteiger partial charge in [0.25, 0.3) is 5.69 Å². The van der Waals surface area contributed by atoms with Crippen LogP contribution in [0.3, 0.4) is 0 Å². The van der Waals surface area contributed by atoms with Crippen molar-refractivity contribution in [2.75, 3.05) is 5.32 Å². The predicted molar refractivity (Wildman–Crippen MR) is 146 cm³/mol. The minimum Gasteiger partial charge on any atom is -0.481 e. The van der Waals surface area contributed by atoms with E-state index in [1.54, 1.807) is 13.8 Å². The van der Waals surface area contributed by atoms with E-state index in [0.717, 1.165) is 19.1 Å². The Kier molecular flexibility index (Phi) is 14.0. The first-order valence-corrected chi connectivity index (χ1v) is 12.9. The van der Waals surface area contributed by atoms with Crippen molar-refractivity contribution in [1.29, 1.82) is 0 Å². The Balaban J connectivity index is 3.09. The Morgan fingerprint density at radius 1 is 0.881 bits per heavy atom. The van der Waals surface area contributed by atoms with Gasteiger partial charge in [-0.1, -0.05) is 20.3 Å². The Hall–Kier alpha value is -4.64. The Morgan fingerprint density at radius 2 is 1.45 bits per heavy atom. The van der Waals surface area contributed by atoms with Crippen LogP contribution in [0.1, 0.15) is 46.5 Å². The molecule has 1 rings (SSSR count). The first kappa shape index (κ1) is 35.4. The number of carboxylic acids is 2. The van der Waals surface area contributed by atoms with E-state index in [-0.39, 0.29) is 23.7 Å². The SMILES string of the molecule is CC[C@H](C)[C@H](N)C(=O)N[C@@H](CCC(=O)O)C(=O)N[C@H](C(=O)N[C@@H](CC(=O)O)C(=O)Nc1ccc([N+](=O)[O-])cc1)[C@@H](C)O. The molecular weight excluding hydrogens is 560 g/mol. The standard InChI is InChI=1S/C25H36N6O11/c1-4-12(2)20(26)24(39)28-16(9-10-18(33)34)22(37)30-21(13(3)32)25(40)29-17(11-19(35)36)23(38)27-14-5-7-15(8-6-14)31(41)42/h5-8,12-13,16-17,20-21,32H,4,9-11,26H2,1-3H3,(H,27,38)(H,28,39)(H,29,40)(H,30,37)(H,33,34)(H,35,36)/t12-,13+,16-,17-,20-,21-/m0/s1. The first-order chi connectivity index (χ1) is 19.6. The van der Waals surface area contributed by atoms with Crippen LogP contribution < -0.4 is 27.0 Å². The van der Waals surface area contributed by atoms with Crippen molar-refractivity contribution in [2.45, 2.75) is 76.7 Å². The molecule has 1 aromatic rings. The molecule has 0 aliphatic carbocycles. The van der Waals surface area contributed by atoms with E-state index in [2.05, 4.69) is 21.3 Å². The maximum Gasteiger partial charge on any atom is 0.305 e. The third-order valence-electron chi connectivity index (χ3n) is 6.26. The topological polar surface area (TPSA) is 280 Å². The van der Waals surface area contributed by atoms with Gasteiger partial charge in [0.2, 0.25) is 23.6 Å². The van der Waals surface area contributed by atoms with Crippen molar-refractivity contribution in [3.63, 3.8) is 0 Å². The van der Waals surface area contributed by atoms with Crippen LogP contribution in [0.2, 0.25) is 0 Å². The number of carboxylic acid groups (broad SMARTS) is 2. The minimum absolute atomic E-state index is 0.0585. The summed E-state index contributed by atoms with van der Waals surface area (Å²) in [6.07, 6.45) is -2.87. The Labute approximate surface area is 240 Å². The zero-order valence-electron chi connectivity index (χ0n) is 23.2. The van der Waals surface area contributed by atoms with Gasteiger partial charge in [-0.2, -0.15) is 0 Å². The summed E-state index contributed by atoms with van der Waals surface area (Å²) in [7, 11) is 0. The van der Waals surface area contributed by atoms with E-state index < -0.39 is 83.6 Å². The highest BCUT2D eigenvalue weighted by atomic mass is 16.6. The molecule has 0 bridgehead atoms. The monoisotopic (exact) mass is 596 g/mol. The first-order valence-electron chi connectivity index (χ1n) is 12.9. The van der Waals surface area contributed by atoms with Crippen LogP contribution >= 0.6 is 0 Å². The number of anilines is 1. The largest absolute Gasteiger partial charge is 0.481 e. The number of rotatable bonds is 17. The fourth-order valence-electron chi connectivity index (χ4n) is 3.52. The van der Waals surface area contributed by atoms with E-state index >= 15 is 0 Å². The molecule has 42 heavy (non-hydrogen) atoms. The highest BCUT2D eigenvalue weighted by Gasteiger charge is 2.34. The van der Waals surface area contributed by atoms with Crippen LogP contribution in [0, 0.1) is 16.0 Å². The lowest BCUT2D eigenvalue weighted by molar-refractivity contribution is -0.384. The van der Waals surface area contributed by atoms with E-state index in [0.29, 0.717) is 6.42 Å². The minimum atomic E-state index is -1.76. The maximum absolute atomic E-state index is 13.0. The molecule has 0 heterocycles. The smallest absolute Gasteiger partial charge is 0.305 e. The number of benzene rings is 1. The average molecular weight is 597 g/mol. The lowest BCUT2D eigenvalue weighted by Crippen LogP contribution is -2.60. The number of aliphatic hydroxyl groups excluding tert-OH is 1. The van der Waals surface area contributed by atoms with Crippen LogP contribution in [-0.2, 0) is 28.8 Å². The fourth-order valence-corrected chi connectivity index (χ4v) is 3.52. The summed E-state index contributed by atoms with van der Waals surface area (Å²) < 4.78 is 0. The number of carbonyl (C=O) groups is 6. The molecule has 0 saturated carbocycles. The number of hydrogen-bond acceptors (Lipinski definition) is 10. The van der Waals surface area contributed by atoms with Crippen LogP contribution in [0.5, 0.6) is 0 Å². The molecule has 0 radical (unpaired) electrons. The number of nitrogens with two attached hydrogens (primary N) is 1. The van der Waals surface area contributed by atoms with Gasteiger partial charge < -0.3 is 42.3 Å². The number of carbonyl (C=O) groups excluding carboxylic acids is 4. The summed E-state index contributed by atoms with van der Waals surface area (Å²) in [6.45, 7) is 4.62. The Bertz CT molecular complexity index is 1160. The van der Waals surface area contributed by atoms with Crippen LogP contribution in [0.25, 0.3) is 0 Å². The van der Waals surface area contributed by atoms with E-state index in [1.165, 1.54) is 12.1 Å². The molecule has 4 amide bonds. The lowest BCUT2D eigenvalue weighted by Gasteiger charge is -2.27. The summed E-state index contributed by atoms with van der Waals surface area (Å²) in [5.41, 5.74) is 5.69. The van der Waals surface area contributed by atoms with Gasteiger partial charge in [0, 0.05) is 24.2 Å². The van der Waals surface area contributed by atoms with Crippen molar-refractivity contribution in [2.24, 2.45) is 11.7 Å². The van der Waals surface area contributed by atoms with Crippen molar-refractivity contribution in [3.05, 3.63) is 34.4 Å². The number of non-ortho nitro benzene ring substituents is 1. The van der Waals surface area contributed by atoms with Crippen LogP contribution in [0.4, 0.5) is 11.4 Å². The van der Waals surface area contributed by atoms with Crippen molar-refractivity contribution in [3.8, 4) is 0 Å². The number of nitro benzene ring substituents is 1. The second-order valence-electron chi connectivity index (χ2n) is 9.58. The zero-order chi connectivity index (χ0) is 32.1. The quantitative estimate of drug-likeness (QED) is 0.0800. The van der Waals surface area contributed by atoms with Gasteiger partial charge >= 0.3 is 11.9 Å². The van der Waals surface area contributed by atoms with Crippen molar-refractivity contribution < 1.29 is 49.0 Å². The highest BCUT2D eigenvalue weighted by molar-refractivity contribution is 6.00. The third kappa shape index (κ3) is 11.5. The van der Waals surface area contributed by atoms with E-state index in [1.807, 2.05) is 0 Å². The number of amides is 4. The molecule has 0 aliphatic rings. The van der Waals surface area contributed by atoms with Gasteiger partial charge in [-0.15, -0.1) is 0 Å². The van der Waals surface area contributed by atoms with E-state index in [9.17, 15) is 49.1 Å². The molecule has 0 aromatic heterocycles. The average Bonchev–Trinajstić information content (AvgIpc) is 2.91. The number of hydrogen-bond donors (Lipinski definition) is 8. The number of nitro groups is 1. The van der Waals surface area contributed by atoms with Gasteiger partial charge in [0.15, 0.2) is 0 Å². The molecule has 17 nitrogen and oxygen atoms in total. The highest BCUT2D eigenvalue weighted by Crippen LogP contribution is 2.16. The molecule has 0 aliphatic heterocycles. The predicted octanol–water partition coefficient (Wildman–Crippen LogP) is -0.919. The molecular formula is C25H36N6O11. The van der Waals surface area contributed by atoms with Gasteiger partial charge in [-0.05, 0) is 31.4 Å². The number of aliphatic carboxylic acids is 2. The van der Waals surface area contributed by atoms with Gasteiger partial charge in [-0.25, -0.2) is 0 Å². The molecule has 1 aromatic carbocycles. The lowest BCUT2D eigenvalue weighted by atomic mass is 9.98. The summed E-state index contributed by atoms with van der Waals surface area (Å²) in [6, 6.07) is -1.38. The molecule has 6 atom stereocenters. The molecule has 232 valence electrons. The summed E-state index contributed by atoms with van der Waals surface area (Å²) in [5, 5.41) is 48.3. The second-order valence-corrected chi connectivity index (χ2v) is 9.58. The maximum atomic E-state index is 13.0. The molecule has 0 fully saturated rings. The summed E-state index contributed by atoms with van der Waals surface area (Å²) in [5.74, 6) is -6.97. The van der Waals surface area contributed by atoms with Crippen molar-refractivity contribution >= 4 is 46.9 Å². The molecule has 0 unspecified atom stereocenters. The summed E-state index contributed by atoms with van der Waals surface area (Å²) >= 11 is 0. The molecule has 0 saturated heterocycles. The second kappa shape index (κ2) is 16.6. The van der Waals surface area contributed by atoms with Gasteiger partial charge in [-0.3, -0.25) is 38.9 Å². The molecule has 17 heteroatoms. The normalized spacial score (nSPS) is 15.1. The van der Waals surface area contributed by atoms with Crippen LogP contribution in [0.15, 0.2) is 24.3 Å². The molecule has 0 spiro atoms. The summed E-state index contributed by atoms with van der Waals surface area (Å²) in [4.78, 5) is 83.9. The Morgan fingerprint density at radius 3 is 1.93 bits per heavy atom. The van der Waals surface area contributed by atoms with Gasteiger partial charge in [0.05, 0.1) is 23.5 Å². The third-order valence-corrected chi connectivity index (χ3v) is 6.26. The van der Waals surface area contributed by atoms with Gasteiger partial charge in [0.1, 0.15) is 18.1 Å². The van der Waals surface area contributed by atoms with Crippen molar-refractivity contribution in [1.82, 2.24) is 16.0 Å².